The molecule has 0 aliphatic rings. The smallest absolute Gasteiger partial charge is 0.366 e. The molecule has 1 radical (unpaired) electrons. The number of nitrogens with two attached hydrogens (primary N) is 1. The van der Waals surface area contributed by atoms with Crippen molar-refractivity contribution in [3.05, 3.63) is 82.7 Å². The third kappa shape index (κ3) is 3.83. The molecule has 3 aromatic carbocycles. The largest absolute Gasteiger partial charge is 0.416 e. The van der Waals surface area contributed by atoms with E-state index in [1.807, 2.05) is 12.1 Å². The number of amides is 1. The number of benzene rings is 3. The molecular formula is C25H21F4N2O. The van der Waals surface area contributed by atoms with Gasteiger partial charge in [-0.3, -0.25) is 4.79 Å². The number of fused-ring (bicyclic) bond motifs is 3. The van der Waals surface area contributed by atoms with E-state index in [1.54, 1.807) is 22.8 Å². The van der Waals surface area contributed by atoms with Crippen LogP contribution in [0.3, 0.4) is 0 Å². The summed E-state index contributed by atoms with van der Waals surface area (Å²) in [4.78, 5) is 12.1. The zero-order valence-corrected chi connectivity index (χ0v) is 17.4. The van der Waals surface area contributed by atoms with Gasteiger partial charge in [0.2, 0.25) is 5.91 Å². The van der Waals surface area contributed by atoms with E-state index < -0.39 is 29.0 Å². The Morgan fingerprint density at radius 3 is 2.56 bits per heavy atom. The van der Waals surface area contributed by atoms with Gasteiger partial charge in [0.05, 0.1) is 23.1 Å². The van der Waals surface area contributed by atoms with Crippen molar-refractivity contribution in [1.82, 2.24) is 4.57 Å². The highest BCUT2D eigenvalue weighted by molar-refractivity contribution is 6.17. The van der Waals surface area contributed by atoms with Crippen LogP contribution in [0.5, 0.6) is 0 Å². The Hall–Kier alpha value is -3.35. The summed E-state index contributed by atoms with van der Waals surface area (Å²) in [6, 6.07) is 14.7. The average Bonchev–Trinajstić information content (AvgIpc) is 3.05. The molecule has 3 nitrogen and oxygen atoms in total. The second kappa shape index (κ2) is 8.30. The van der Waals surface area contributed by atoms with Crippen LogP contribution < -0.4 is 5.73 Å². The third-order valence-electron chi connectivity index (χ3n) is 5.68. The number of carbonyl (C=O) groups excluding carboxylic acids is 1. The molecule has 4 rings (SSSR count). The maximum atomic E-state index is 14.6. The quantitative estimate of drug-likeness (QED) is 0.354. The van der Waals surface area contributed by atoms with Crippen molar-refractivity contribution in [2.45, 2.75) is 38.9 Å². The number of halogens is 4. The van der Waals surface area contributed by atoms with Crippen molar-refractivity contribution < 1.29 is 22.4 Å². The number of aromatic nitrogens is 1. The molecule has 0 bridgehead atoms. The number of hydrogen-bond acceptors (Lipinski definition) is 1. The molecule has 0 spiro atoms. The standard InChI is InChI=1S/C25H21F4N2O/c1-2-3-6-15-11-12-16-22(13-15)31(21-10-4-7-17(23(16)21)24(30)32)14-18-19(25(27,28)29)8-5-9-20(18)26/h4-5,7-11,13H,2-3,6,14H2,1H3,(H2,30,32). The van der Waals surface area contributed by atoms with E-state index in [0.29, 0.717) is 21.8 Å². The number of alkyl halides is 3. The summed E-state index contributed by atoms with van der Waals surface area (Å²) >= 11 is 0. The first kappa shape index (κ1) is 21.9. The zero-order valence-electron chi connectivity index (χ0n) is 17.4. The maximum Gasteiger partial charge on any atom is 0.416 e. The first-order valence-corrected chi connectivity index (χ1v) is 10.3. The molecule has 1 heterocycles. The first-order valence-electron chi connectivity index (χ1n) is 10.3. The Kier molecular flexibility index (Phi) is 5.67. The maximum absolute atomic E-state index is 14.6. The topological polar surface area (TPSA) is 48.0 Å². The number of aryl methyl sites for hydroxylation is 1. The van der Waals surface area contributed by atoms with E-state index in [0.717, 1.165) is 43.0 Å². The number of unbranched alkanes of at least 4 members (excludes halogenated alkanes) is 1. The van der Waals surface area contributed by atoms with Gasteiger partial charge >= 0.3 is 6.18 Å². The van der Waals surface area contributed by atoms with Crippen LogP contribution >= 0.6 is 0 Å². The highest BCUT2D eigenvalue weighted by Gasteiger charge is 2.34. The molecule has 2 N–H and O–H groups in total. The molecule has 0 unspecified atom stereocenters. The van der Waals surface area contributed by atoms with Gasteiger partial charge in [-0.1, -0.05) is 31.5 Å². The van der Waals surface area contributed by atoms with Gasteiger partial charge in [0.25, 0.3) is 0 Å². The number of primary amides is 1. The van der Waals surface area contributed by atoms with Gasteiger partial charge < -0.3 is 10.3 Å². The van der Waals surface area contributed by atoms with Crippen molar-refractivity contribution in [2.24, 2.45) is 5.73 Å². The van der Waals surface area contributed by atoms with Crippen LogP contribution in [-0.4, -0.2) is 10.5 Å². The minimum atomic E-state index is -4.70. The highest BCUT2D eigenvalue weighted by Crippen LogP contribution is 2.37. The van der Waals surface area contributed by atoms with Crippen LogP contribution in [0.4, 0.5) is 17.6 Å². The van der Waals surface area contributed by atoms with Crippen molar-refractivity contribution in [2.75, 3.05) is 0 Å². The van der Waals surface area contributed by atoms with E-state index in [2.05, 4.69) is 13.0 Å². The fourth-order valence-corrected chi connectivity index (χ4v) is 4.14. The van der Waals surface area contributed by atoms with Crippen molar-refractivity contribution in [3.63, 3.8) is 0 Å². The monoisotopic (exact) mass is 441 g/mol. The summed E-state index contributed by atoms with van der Waals surface area (Å²) in [7, 11) is 0. The van der Waals surface area contributed by atoms with E-state index in [1.165, 1.54) is 0 Å². The molecule has 4 aromatic rings. The van der Waals surface area contributed by atoms with E-state index in [4.69, 9.17) is 5.73 Å². The summed E-state index contributed by atoms with van der Waals surface area (Å²) in [5.41, 5.74) is 6.37. The Morgan fingerprint density at radius 1 is 1.12 bits per heavy atom. The Bertz CT molecular complexity index is 1320. The molecule has 1 aromatic heterocycles. The lowest BCUT2D eigenvalue weighted by molar-refractivity contribution is -0.138. The minimum Gasteiger partial charge on any atom is -0.366 e. The van der Waals surface area contributed by atoms with Gasteiger partial charge in [-0.25, -0.2) is 4.39 Å². The fraction of sp³-hybridized carbons (Fsp3) is 0.240. The van der Waals surface area contributed by atoms with Gasteiger partial charge in [-0.15, -0.1) is 0 Å². The van der Waals surface area contributed by atoms with Gasteiger partial charge in [0.1, 0.15) is 5.82 Å². The lowest BCUT2D eigenvalue weighted by Crippen LogP contribution is -2.14. The summed E-state index contributed by atoms with van der Waals surface area (Å²) in [5.74, 6) is -1.59. The Morgan fingerprint density at radius 2 is 1.88 bits per heavy atom. The van der Waals surface area contributed by atoms with Crippen LogP contribution in [0.25, 0.3) is 21.8 Å². The average molecular weight is 441 g/mol. The van der Waals surface area contributed by atoms with Gasteiger partial charge in [0.15, 0.2) is 0 Å². The second-order valence-electron chi connectivity index (χ2n) is 7.79. The van der Waals surface area contributed by atoms with Crippen molar-refractivity contribution >= 4 is 27.7 Å². The molecule has 0 atom stereocenters. The molecule has 1 amide bonds. The molecule has 165 valence electrons. The van der Waals surface area contributed by atoms with Gasteiger partial charge in [0, 0.05) is 21.9 Å². The number of carbonyl (C=O) groups is 1. The first-order chi connectivity index (χ1) is 15.2. The normalized spacial score (nSPS) is 12.0. The predicted octanol–water partition coefficient (Wildman–Crippen LogP) is 6.24. The molecular weight excluding hydrogens is 420 g/mol. The summed E-state index contributed by atoms with van der Waals surface area (Å²) in [5, 5.41) is 1.07. The van der Waals surface area contributed by atoms with Crippen LogP contribution in [0, 0.1) is 11.9 Å². The molecule has 0 aliphatic heterocycles. The summed E-state index contributed by atoms with van der Waals surface area (Å²) in [6.07, 6.45) is -2.00. The van der Waals surface area contributed by atoms with E-state index in [9.17, 15) is 22.4 Å². The van der Waals surface area contributed by atoms with Crippen molar-refractivity contribution in [3.8, 4) is 0 Å². The van der Waals surface area contributed by atoms with Gasteiger partial charge in [-0.05, 0) is 54.8 Å². The fourth-order valence-electron chi connectivity index (χ4n) is 4.14. The zero-order chi connectivity index (χ0) is 23.0. The predicted molar refractivity (Wildman–Crippen MR) is 116 cm³/mol. The molecule has 0 saturated carbocycles. The van der Waals surface area contributed by atoms with Crippen LogP contribution in [0.2, 0.25) is 0 Å². The lowest BCUT2D eigenvalue weighted by Gasteiger charge is -2.16. The van der Waals surface area contributed by atoms with Crippen LogP contribution in [-0.2, 0) is 19.1 Å². The van der Waals surface area contributed by atoms with E-state index in [-0.39, 0.29) is 12.1 Å². The van der Waals surface area contributed by atoms with E-state index >= 15 is 0 Å². The Balaban J connectivity index is 2.02. The highest BCUT2D eigenvalue weighted by atomic mass is 19.4. The van der Waals surface area contributed by atoms with Crippen LogP contribution in [0.15, 0.2) is 48.5 Å². The summed E-state index contributed by atoms with van der Waals surface area (Å²) in [6.45, 7) is 1.71. The molecule has 0 fully saturated rings. The number of hydrogen-bond donors (Lipinski definition) is 1. The summed E-state index contributed by atoms with van der Waals surface area (Å²) < 4.78 is 57.1. The lowest BCUT2D eigenvalue weighted by atomic mass is 10.0. The van der Waals surface area contributed by atoms with Crippen LogP contribution in [0.1, 0.15) is 46.8 Å². The molecule has 32 heavy (non-hydrogen) atoms. The number of rotatable bonds is 6. The Labute approximate surface area is 182 Å². The van der Waals surface area contributed by atoms with Gasteiger partial charge in [-0.2, -0.15) is 13.2 Å². The minimum absolute atomic E-state index is 0.244. The third-order valence-corrected chi connectivity index (χ3v) is 5.68. The second-order valence-corrected chi connectivity index (χ2v) is 7.79. The molecule has 7 heteroatoms. The molecule has 0 saturated heterocycles. The SMILES string of the molecule is CCCCc1c[c]c2c3c(C(N)=O)cccc3n(Cc3c(F)cccc3C(F)(F)F)c2c1. The molecule has 0 aliphatic carbocycles. The van der Waals surface area contributed by atoms with Crippen molar-refractivity contribution in [1.29, 1.82) is 0 Å². The number of nitrogens with zero attached hydrogens (tertiary/aromatic N) is 1.